The van der Waals surface area contributed by atoms with Crippen molar-refractivity contribution >= 4 is 17.6 Å². The summed E-state index contributed by atoms with van der Waals surface area (Å²) >= 11 is 0. The lowest BCUT2D eigenvalue weighted by atomic mass is 10.1. The molecule has 0 aliphatic rings. The lowest BCUT2D eigenvalue weighted by molar-refractivity contribution is -0.140. The Hall–Kier alpha value is -2.95. The van der Waals surface area contributed by atoms with Gasteiger partial charge in [-0.05, 0) is 24.6 Å². The Morgan fingerprint density at radius 2 is 2.07 bits per heavy atom. The van der Waals surface area contributed by atoms with Gasteiger partial charge in [0.25, 0.3) is 0 Å². The molecule has 1 amide bonds. The van der Waals surface area contributed by atoms with Gasteiger partial charge in [0.15, 0.2) is 0 Å². The summed E-state index contributed by atoms with van der Waals surface area (Å²) in [6.45, 7) is 1.43. The van der Waals surface area contributed by atoms with Gasteiger partial charge in [0.1, 0.15) is 18.7 Å². The van der Waals surface area contributed by atoms with Gasteiger partial charge in [-0.1, -0.05) is 13.3 Å². The molecular formula is C16H18F3N5O3. The van der Waals surface area contributed by atoms with E-state index in [0.29, 0.717) is 12.8 Å². The van der Waals surface area contributed by atoms with Crippen molar-refractivity contribution in [2.75, 3.05) is 11.9 Å². The molecule has 11 heteroatoms. The standard InChI is InChI=1S/C16H18F3N5O3/c1-2-3-11(15(26)27)21-7-14(25)23-12-6-10(16(17,18)19)4-5-13(12)24-9-20-8-22-24/h4-6,8-9,11,21H,2-3,7H2,1H3,(H,23,25)(H,26,27). The molecule has 146 valence electrons. The van der Waals surface area contributed by atoms with Crippen LogP contribution < -0.4 is 10.6 Å². The van der Waals surface area contributed by atoms with Crippen LogP contribution in [0.25, 0.3) is 5.69 Å². The lowest BCUT2D eigenvalue weighted by Gasteiger charge is -2.16. The second-order valence-corrected chi connectivity index (χ2v) is 5.68. The highest BCUT2D eigenvalue weighted by Crippen LogP contribution is 2.33. The molecule has 27 heavy (non-hydrogen) atoms. The molecule has 1 aromatic heterocycles. The maximum Gasteiger partial charge on any atom is 0.416 e. The predicted octanol–water partition coefficient (Wildman–Crippen LogP) is 2.07. The third kappa shape index (κ3) is 5.51. The molecular weight excluding hydrogens is 367 g/mol. The molecule has 2 aromatic rings. The predicted molar refractivity (Wildman–Crippen MR) is 89.3 cm³/mol. The molecule has 1 atom stereocenters. The van der Waals surface area contributed by atoms with Crippen LogP contribution in [0.5, 0.6) is 0 Å². The monoisotopic (exact) mass is 385 g/mol. The van der Waals surface area contributed by atoms with Crippen LogP contribution >= 0.6 is 0 Å². The molecule has 0 fully saturated rings. The highest BCUT2D eigenvalue weighted by atomic mass is 19.4. The highest BCUT2D eigenvalue weighted by Gasteiger charge is 2.31. The molecule has 1 aromatic carbocycles. The van der Waals surface area contributed by atoms with Gasteiger partial charge >= 0.3 is 12.1 Å². The van der Waals surface area contributed by atoms with E-state index in [2.05, 4.69) is 20.7 Å². The molecule has 0 radical (unpaired) electrons. The number of amides is 1. The average molecular weight is 385 g/mol. The van der Waals surface area contributed by atoms with Crippen LogP contribution in [0.3, 0.4) is 0 Å². The maximum atomic E-state index is 13.0. The van der Waals surface area contributed by atoms with E-state index in [1.54, 1.807) is 6.92 Å². The van der Waals surface area contributed by atoms with Crippen LogP contribution in [0.15, 0.2) is 30.9 Å². The van der Waals surface area contributed by atoms with E-state index in [0.717, 1.165) is 18.2 Å². The van der Waals surface area contributed by atoms with Gasteiger partial charge in [0, 0.05) is 0 Å². The zero-order chi connectivity index (χ0) is 20.0. The van der Waals surface area contributed by atoms with Crippen molar-refractivity contribution in [1.29, 1.82) is 0 Å². The summed E-state index contributed by atoms with van der Waals surface area (Å²) in [5, 5.41) is 17.8. The largest absolute Gasteiger partial charge is 0.480 e. The number of carboxylic acids is 1. The zero-order valence-electron chi connectivity index (χ0n) is 14.3. The van der Waals surface area contributed by atoms with Crippen molar-refractivity contribution in [3.63, 3.8) is 0 Å². The number of anilines is 1. The third-order valence-electron chi connectivity index (χ3n) is 3.65. The van der Waals surface area contributed by atoms with E-state index in [9.17, 15) is 22.8 Å². The minimum absolute atomic E-state index is 0.121. The Kier molecular flexibility index (Phi) is 6.50. The summed E-state index contributed by atoms with van der Waals surface area (Å²) in [7, 11) is 0. The third-order valence-corrected chi connectivity index (χ3v) is 3.65. The van der Waals surface area contributed by atoms with Gasteiger partial charge in [-0.3, -0.25) is 14.9 Å². The quantitative estimate of drug-likeness (QED) is 0.642. The fraction of sp³-hybridized carbons (Fsp3) is 0.375. The maximum absolute atomic E-state index is 13.0. The number of hydrogen-bond acceptors (Lipinski definition) is 5. The summed E-state index contributed by atoms with van der Waals surface area (Å²) < 4.78 is 40.2. The van der Waals surface area contributed by atoms with Crippen LogP contribution in [0.4, 0.5) is 18.9 Å². The number of nitrogens with one attached hydrogen (secondary N) is 2. The molecule has 8 nitrogen and oxygen atoms in total. The summed E-state index contributed by atoms with van der Waals surface area (Å²) in [5.74, 6) is -1.79. The molecule has 0 bridgehead atoms. The second-order valence-electron chi connectivity index (χ2n) is 5.68. The van der Waals surface area contributed by atoms with Crippen molar-refractivity contribution in [1.82, 2.24) is 20.1 Å². The minimum atomic E-state index is -4.59. The van der Waals surface area contributed by atoms with E-state index in [1.807, 2.05) is 0 Å². The second kappa shape index (κ2) is 8.62. The Bertz CT molecular complexity index is 793. The molecule has 0 aliphatic heterocycles. The first-order chi connectivity index (χ1) is 12.7. The van der Waals surface area contributed by atoms with Crippen LogP contribution in [0.2, 0.25) is 0 Å². The van der Waals surface area contributed by atoms with E-state index >= 15 is 0 Å². The topological polar surface area (TPSA) is 109 Å². The average Bonchev–Trinajstić information content (AvgIpc) is 3.11. The first-order valence-electron chi connectivity index (χ1n) is 8.04. The summed E-state index contributed by atoms with van der Waals surface area (Å²) in [4.78, 5) is 26.9. The number of carbonyl (C=O) groups is 2. The van der Waals surface area contributed by atoms with E-state index in [-0.39, 0.29) is 17.9 Å². The lowest BCUT2D eigenvalue weighted by Crippen LogP contribution is -2.41. The van der Waals surface area contributed by atoms with Crippen molar-refractivity contribution in [2.45, 2.75) is 32.0 Å². The Morgan fingerprint density at radius 1 is 1.33 bits per heavy atom. The summed E-state index contributed by atoms with van der Waals surface area (Å²) in [6.07, 6.45) is -1.20. The SMILES string of the molecule is CCCC(NCC(=O)Nc1cc(C(F)(F)F)ccc1-n1cncn1)C(=O)O. The van der Waals surface area contributed by atoms with Gasteiger partial charge in [-0.2, -0.15) is 18.3 Å². The number of carboxylic acid groups (broad SMARTS) is 1. The number of aromatic nitrogens is 3. The van der Waals surface area contributed by atoms with Crippen LogP contribution in [-0.4, -0.2) is 44.3 Å². The van der Waals surface area contributed by atoms with Gasteiger partial charge in [-0.15, -0.1) is 0 Å². The smallest absolute Gasteiger partial charge is 0.416 e. The Labute approximate surface area is 152 Å². The van der Waals surface area contributed by atoms with Gasteiger partial charge < -0.3 is 10.4 Å². The Balaban J connectivity index is 2.20. The van der Waals surface area contributed by atoms with E-state index in [1.165, 1.54) is 17.3 Å². The summed E-state index contributed by atoms with van der Waals surface area (Å²) in [6, 6.07) is 1.90. The molecule has 2 rings (SSSR count). The first-order valence-corrected chi connectivity index (χ1v) is 8.04. The number of halogens is 3. The molecule has 0 aliphatic carbocycles. The fourth-order valence-electron chi connectivity index (χ4n) is 2.36. The molecule has 1 unspecified atom stereocenters. The fourth-order valence-corrected chi connectivity index (χ4v) is 2.36. The van der Waals surface area contributed by atoms with Crippen molar-refractivity contribution < 1.29 is 27.9 Å². The number of rotatable bonds is 8. The molecule has 1 heterocycles. The summed E-state index contributed by atoms with van der Waals surface area (Å²) in [5.41, 5.74) is -0.870. The van der Waals surface area contributed by atoms with Crippen molar-refractivity contribution in [3.8, 4) is 5.69 Å². The molecule has 3 N–H and O–H groups in total. The van der Waals surface area contributed by atoms with Crippen LogP contribution in [0, 0.1) is 0 Å². The van der Waals surface area contributed by atoms with Crippen LogP contribution in [0.1, 0.15) is 25.3 Å². The van der Waals surface area contributed by atoms with Gasteiger partial charge in [-0.25, -0.2) is 9.67 Å². The van der Waals surface area contributed by atoms with E-state index in [4.69, 9.17) is 5.11 Å². The van der Waals surface area contributed by atoms with Crippen LogP contribution in [-0.2, 0) is 15.8 Å². The Morgan fingerprint density at radius 3 is 2.63 bits per heavy atom. The van der Waals surface area contributed by atoms with Gasteiger partial charge in [0.2, 0.25) is 5.91 Å². The molecule has 0 spiro atoms. The highest BCUT2D eigenvalue weighted by molar-refractivity contribution is 5.94. The minimum Gasteiger partial charge on any atom is -0.480 e. The number of benzene rings is 1. The van der Waals surface area contributed by atoms with Crippen molar-refractivity contribution in [3.05, 3.63) is 36.4 Å². The van der Waals surface area contributed by atoms with E-state index < -0.39 is 29.7 Å². The number of alkyl halides is 3. The number of carbonyl (C=O) groups excluding carboxylic acids is 1. The number of hydrogen-bond donors (Lipinski definition) is 3. The number of nitrogens with zero attached hydrogens (tertiary/aromatic N) is 3. The van der Waals surface area contributed by atoms with Crippen molar-refractivity contribution in [2.24, 2.45) is 0 Å². The number of aliphatic carboxylic acids is 1. The first kappa shape index (κ1) is 20.4. The van der Waals surface area contributed by atoms with Gasteiger partial charge in [0.05, 0.1) is 23.5 Å². The normalized spacial score (nSPS) is 12.6. The molecule has 0 saturated heterocycles. The molecule has 0 saturated carbocycles. The zero-order valence-corrected chi connectivity index (χ0v) is 14.3.